The van der Waals surface area contributed by atoms with Crippen LogP contribution >= 0.6 is 0 Å². The molecule has 0 aliphatic carbocycles. The summed E-state index contributed by atoms with van der Waals surface area (Å²) in [5.74, 6) is 1.84. The molecule has 0 aliphatic heterocycles. The van der Waals surface area contributed by atoms with Crippen molar-refractivity contribution in [3.63, 3.8) is 0 Å². The topological polar surface area (TPSA) is 51.8 Å². The van der Waals surface area contributed by atoms with Crippen LogP contribution in [0, 0.1) is 0 Å². The van der Waals surface area contributed by atoms with Crippen molar-refractivity contribution in [1.82, 2.24) is 15.0 Å². The zero-order chi connectivity index (χ0) is 32.3. The van der Waals surface area contributed by atoms with Crippen LogP contribution in [0.3, 0.4) is 0 Å². The maximum absolute atomic E-state index is 6.26. The lowest BCUT2D eigenvalue weighted by Gasteiger charge is -2.14. The number of aromatic nitrogens is 3. The van der Waals surface area contributed by atoms with Crippen LogP contribution in [-0.4, -0.2) is 15.0 Å². The highest BCUT2D eigenvalue weighted by molar-refractivity contribution is 6.15. The molecule has 49 heavy (non-hydrogen) atoms. The molecule has 8 aromatic carbocycles. The molecular formula is C45H27N3O. The van der Waals surface area contributed by atoms with Crippen LogP contribution in [0.1, 0.15) is 0 Å². The van der Waals surface area contributed by atoms with Gasteiger partial charge in [-0.05, 0) is 73.8 Å². The minimum atomic E-state index is 0.604. The van der Waals surface area contributed by atoms with E-state index in [1.165, 1.54) is 32.7 Å². The third-order valence-corrected chi connectivity index (χ3v) is 9.49. The van der Waals surface area contributed by atoms with E-state index in [1.807, 2.05) is 30.3 Å². The molecule has 0 aliphatic rings. The Bertz CT molecular complexity index is 2890. The van der Waals surface area contributed by atoms with Gasteiger partial charge in [0, 0.05) is 27.5 Å². The SMILES string of the molecule is c1ccc(-c2cc3ccccc3c3ccc(-c4nc(-c5ccc6ccccc6c5)nc(-c5cccc6oc7ccccc7c56)n4)cc23)cc1. The molecule has 0 unspecified atom stereocenters. The maximum atomic E-state index is 6.26. The van der Waals surface area contributed by atoms with Gasteiger partial charge in [-0.25, -0.2) is 15.0 Å². The average molecular weight is 626 g/mol. The third kappa shape index (κ3) is 4.57. The monoisotopic (exact) mass is 625 g/mol. The molecule has 0 radical (unpaired) electrons. The van der Waals surface area contributed by atoms with Crippen LogP contribution in [0.2, 0.25) is 0 Å². The van der Waals surface area contributed by atoms with Crippen molar-refractivity contribution in [2.75, 3.05) is 0 Å². The van der Waals surface area contributed by atoms with Gasteiger partial charge in [-0.15, -0.1) is 0 Å². The van der Waals surface area contributed by atoms with E-state index in [9.17, 15) is 0 Å². The fourth-order valence-electron chi connectivity index (χ4n) is 7.14. The number of furan rings is 1. The summed E-state index contributed by atoms with van der Waals surface area (Å²) in [6.45, 7) is 0. The highest BCUT2D eigenvalue weighted by Crippen LogP contribution is 2.39. The second kappa shape index (κ2) is 11.0. The van der Waals surface area contributed by atoms with Crippen LogP contribution < -0.4 is 0 Å². The molecule has 0 saturated heterocycles. The molecule has 0 amide bonds. The first-order valence-corrected chi connectivity index (χ1v) is 16.4. The molecule has 4 nitrogen and oxygen atoms in total. The van der Waals surface area contributed by atoms with Crippen molar-refractivity contribution >= 4 is 54.3 Å². The summed E-state index contributed by atoms with van der Waals surface area (Å²) < 4.78 is 6.26. The van der Waals surface area contributed by atoms with Gasteiger partial charge in [0.25, 0.3) is 0 Å². The van der Waals surface area contributed by atoms with Gasteiger partial charge in [-0.1, -0.05) is 133 Å². The number of nitrogens with zero attached hydrogens (tertiary/aromatic N) is 3. The fourth-order valence-corrected chi connectivity index (χ4v) is 7.14. The molecule has 0 atom stereocenters. The highest BCUT2D eigenvalue weighted by atomic mass is 16.3. The van der Waals surface area contributed by atoms with Gasteiger partial charge >= 0.3 is 0 Å². The summed E-state index contributed by atoms with van der Waals surface area (Å²) >= 11 is 0. The molecule has 0 fully saturated rings. The molecule has 10 aromatic rings. The second-order valence-corrected chi connectivity index (χ2v) is 12.4. The standard InChI is InChI=1S/C45H27N3O/c1-2-12-29(13-3-1)38-26-31-15-6-7-16-34(31)35-24-23-33(27-39(35)38)44-46-43(32-22-21-28-11-4-5-14-30(28)25-32)47-45(48-44)37-18-10-20-41-42(37)36-17-8-9-19-40(36)49-41/h1-27H. The van der Waals surface area contributed by atoms with Gasteiger partial charge in [0.05, 0.1) is 0 Å². The Kier molecular flexibility index (Phi) is 6.15. The lowest BCUT2D eigenvalue weighted by molar-refractivity contribution is 0.669. The van der Waals surface area contributed by atoms with E-state index in [0.717, 1.165) is 49.4 Å². The molecule has 228 valence electrons. The number of fused-ring (bicyclic) bond motifs is 7. The Morgan fingerprint density at radius 3 is 1.84 bits per heavy atom. The molecule has 0 spiro atoms. The summed E-state index contributed by atoms with van der Waals surface area (Å²) in [6.07, 6.45) is 0. The Balaban J connectivity index is 1.25. The average Bonchev–Trinajstić information content (AvgIpc) is 3.56. The van der Waals surface area contributed by atoms with Crippen LogP contribution in [0.25, 0.3) is 99.5 Å². The summed E-state index contributed by atoms with van der Waals surface area (Å²) in [7, 11) is 0. The Morgan fingerprint density at radius 2 is 0.980 bits per heavy atom. The van der Waals surface area contributed by atoms with E-state index in [0.29, 0.717) is 17.5 Å². The van der Waals surface area contributed by atoms with Crippen molar-refractivity contribution in [3.05, 3.63) is 164 Å². The van der Waals surface area contributed by atoms with Gasteiger partial charge < -0.3 is 4.42 Å². The lowest BCUT2D eigenvalue weighted by Crippen LogP contribution is -2.00. The van der Waals surface area contributed by atoms with Crippen LogP contribution in [0.5, 0.6) is 0 Å². The predicted molar refractivity (Wildman–Crippen MR) is 201 cm³/mol. The van der Waals surface area contributed by atoms with Crippen LogP contribution in [0.4, 0.5) is 0 Å². The summed E-state index contributed by atoms with van der Waals surface area (Å²) in [6, 6.07) is 57.0. The van der Waals surface area contributed by atoms with Gasteiger partial charge in [-0.2, -0.15) is 0 Å². The number of benzene rings is 8. The molecule has 2 aromatic heterocycles. The van der Waals surface area contributed by atoms with Crippen LogP contribution in [0.15, 0.2) is 168 Å². The van der Waals surface area contributed by atoms with Crippen molar-refractivity contribution < 1.29 is 4.42 Å². The van der Waals surface area contributed by atoms with Gasteiger partial charge in [-0.3, -0.25) is 0 Å². The van der Waals surface area contributed by atoms with Crippen molar-refractivity contribution in [2.45, 2.75) is 0 Å². The van der Waals surface area contributed by atoms with Crippen molar-refractivity contribution in [3.8, 4) is 45.3 Å². The van der Waals surface area contributed by atoms with E-state index in [4.69, 9.17) is 19.4 Å². The van der Waals surface area contributed by atoms with Gasteiger partial charge in [0.2, 0.25) is 0 Å². The van der Waals surface area contributed by atoms with E-state index in [2.05, 4.69) is 133 Å². The Morgan fingerprint density at radius 1 is 0.327 bits per heavy atom. The summed E-state index contributed by atoms with van der Waals surface area (Å²) in [5, 5.41) is 9.11. The minimum Gasteiger partial charge on any atom is -0.456 e. The van der Waals surface area contributed by atoms with E-state index < -0.39 is 0 Å². The molecule has 0 bridgehead atoms. The Hall–Kier alpha value is -6.65. The van der Waals surface area contributed by atoms with Crippen molar-refractivity contribution in [2.24, 2.45) is 0 Å². The quantitative estimate of drug-likeness (QED) is 0.183. The van der Waals surface area contributed by atoms with Crippen LogP contribution in [-0.2, 0) is 0 Å². The summed E-state index contributed by atoms with van der Waals surface area (Å²) in [4.78, 5) is 15.5. The molecule has 0 N–H and O–H groups in total. The molecule has 10 rings (SSSR count). The van der Waals surface area contributed by atoms with E-state index >= 15 is 0 Å². The fraction of sp³-hybridized carbons (Fsp3) is 0. The first-order valence-electron chi connectivity index (χ1n) is 16.4. The van der Waals surface area contributed by atoms with Gasteiger partial charge in [0.15, 0.2) is 17.5 Å². The zero-order valence-electron chi connectivity index (χ0n) is 26.3. The Labute approximate surface area is 282 Å². The smallest absolute Gasteiger partial charge is 0.164 e. The first-order chi connectivity index (χ1) is 24.3. The second-order valence-electron chi connectivity index (χ2n) is 12.4. The highest BCUT2D eigenvalue weighted by Gasteiger charge is 2.19. The molecular weight excluding hydrogens is 599 g/mol. The van der Waals surface area contributed by atoms with Gasteiger partial charge in [0.1, 0.15) is 11.2 Å². The predicted octanol–water partition coefficient (Wildman–Crippen LogP) is 11.9. The molecule has 4 heteroatoms. The zero-order valence-corrected chi connectivity index (χ0v) is 26.3. The molecule has 2 heterocycles. The third-order valence-electron chi connectivity index (χ3n) is 9.49. The summed E-state index contributed by atoms with van der Waals surface area (Å²) in [5.41, 5.74) is 6.75. The number of rotatable bonds is 4. The van der Waals surface area contributed by atoms with Crippen molar-refractivity contribution in [1.29, 1.82) is 0 Å². The minimum absolute atomic E-state index is 0.604. The largest absolute Gasteiger partial charge is 0.456 e. The maximum Gasteiger partial charge on any atom is 0.164 e. The lowest BCUT2D eigenvalue weighted by atomic mass is 9.92. The van der Waals surface area contributed by atoms with E-state index in [-0.39, 0.29) is 0 Å². The number of hydrogen-bond donors (Lipinski definition) is 0. The van der Waals surface area contributed by atoms with E-state index in [1.54, 1.807) is 0 Å². The normalized spacial score (nSPS) is 11.7. The number of para-hydroxylation sites is 1. The number of hydrogen-bond acceptors (Lipinski definition) is 4. The molecule has 0 saturated carbocycles. The first kappa shape index (κ1) is 27.5.